The Bertz CT molecular complexity index is 905. The van der Waals surface area contributed by atoms with Gasteiger partial charge in [-0.25, -0.2) is 4.39 Å². The smallest absolute Gasteiger partial charge is 0.227 e. The fourth-order valence-electron chi connectivity index (χ4n) is 3.35. The maximum atomic E-state index is 14.0. The van der Waals surface area contributed by atoms with Crippen molar-refractivity contribution in [3.8, 4) is 0 Å². The van der Waals surface area contributed by atoms with E-state index in [0.29, 0.717) is 31.7 Å². The van der Waals surface area contributed by atoms with Gasteiger partial charge in [0.05, 0.1) is 19.6 Å². The van der Waals surface area contributed by atoms with Crippen LogP contribution in [0.2, 0.25) is 0 Å². The highest BCUT2D eigenvalue weighted by Gasteiger charge is 2.27. The average molecular weight is 338 g/mol. The van der Waals surface area contributed by atoms with Gasteiger partial charge in [0.15, 0.2) is 0 Å². The summed E-state index contributed by atoms with van der Waals surface area (Å²) in [6, 6.07) is 14.5. The number of fused-ring (bicyclic) bond motifs is 1. The quantitative estimate of drug-likeness (QED) is 0.795. The van der Waals surface area contributed by atoms with Gasteiger partial charge < -0.3 is 14.6 Å². The first-order chi connectivity index (χ1) is 12.2. The van der Waals surface area contributed by atoms with Crippen LogP contribution in [0.3, 0.4) is 0 Å². The van der Waals surface area contributed by atoms with Gasteiger partial charge in [-0.3, -0.25) is 4.79 Å². The number of benzene rings is 2. The lowest BCUT2D eigenvalue weighted by Crippen LogP contribution is -2.43. The number of nitrogens with zero attached hydrogens (tertiary/aromatic N) is 1. The molecule has 1 saturated heterocycles. The molecule has 1 N–H and O–H groups in total. The van der Waals surface area contributed by atoms with Gasteiger partial charge in [-0.2, -0.15) is 0 Å². The molecule has 0 radical (unpaired) electrons. The molecule has 4 rings (SSSR count). The van der Waals surface area contributed by atoms with Crippen molar-refractivity contribution in [2.45, 2.75) is 12.5 Å². The van der Waals surface area contributed by atoms with E-state index in [0.717, 1.165) is 16.5 Å². The lowest BCUT2D eigenvalue weighted by molar-refractivity contribution is -0.138. The predicted octanol–water partition coefficient (Wildman–Crippen LogP) is 3.45. The van der Waals surface area contributed by atoms with Gasteiger partial charge in [-0.15, -0.1) is 0 Å². The zero-order chi connectivity index (χ0) is 17.2. The Labute approximate surface area is 145 Å². The minimum absolute atomic E-state index is 0.0365. The fraction of sp³-hybridized carbons (Fsp3) is 0.250. The minimum atomic E-state index is -0.415. The molecule has 128 valence electrons. The SMILES string of the molecule is O=C(Cc1c[nH]c2ccccc12)N1CCOC(c2ccccc2F)C1. The van der Waals surface area contributed by atoms with Crippen LogP contribution in [0.25, 0.3) is 10.9 Å². The number of hydrogen-bond donors (Lipinski definition) is 1. The maximum Gasteiger partial charge on any atom is 0.227 e. The molecule has 2 heterocycles. The van der Waals surface area contributed by atoms with Crippen LogP contribution in [0.15, 0.2) is 54.7 Å². The second-order valence-corrected chi connectivity index (χ2v) is 6.26. The average Bonchev–Trinajstić information content (AvgIpc) is 3.05. The van der Waals surface area contributed by atoms with E-state index in [1.807, 2.05) is 30.5 Å². The van der Waals surface area contributed by atoms with E-state index in [1.165, 1.54) is 6.07 Å². The molecule has 0 aliphatic carbocycles. The number of ether oxygens (including phenoxy) is 1. The molecule has 0 saturated carbocycles. The molecule has 25 heavy (non-hydrogen) atoms. The summed E-state index contributed by atoms with van der Waals surface area (Å²) in [5.74, 6) is -0.257. The Hall–Kier alpha value is -2.66. The molecule has 3 aromatic rings. The lowest BCUT2D eigenvalue weighted by atomic mass is 10.1. The van der Waals surface area contributed by atoms with Crippen LogP contribution >= 0.6 is 0 Å². The predicted molar refractivity (Wildman–Crippen MR) is 93.7 cm³/mol. The number of morpholine rings is 1. The first-order valence-electron chi connectivity index (χ1n) is 8.41. The number of H-pyrrole nitrogens is 1. The van der Waals surface area contributed by atoms with Gasteiger partial charge in [-0.1, -0.05) is 36.4 Å². The monoisotopic (exact) mass is 338 g/mol. The number of para-hydroxylation sites is 1. The van der Waals surface area contributed by atoms with E-state index < -0.39 is 6.10 Å². The molecule has 1 atom stereocenters. The highest BCUT2D eigenvalue weighted by Crippen LogP contribution is 2.25. The standard InChI is InChI=1S/C20H19FN2O2/c21-17-7-3-1-6-16(17)19-13-23(9-10-25-19)20(24)11-14-12-22-18-8-4-2-5-15(14)18/h1-8,12,19,22H,9-11,13H2. The van der Waals surface area contributed by atoms with E-state index in [-0.39, 0.29) is 11.7 Å². The van der Waals surface area contributed by atoms with Crippen LogP contribution in [0.1, 0.15) is 17.2 Å². The van der Waals surface area contributed by atoms with Crippen molar-refractivity contribution in [1.82, 2.24) is 9.88 Å². The molecular weight excluding hydrogens is 319 g/mol. The molecule has 0 bridgehead atoms. The highest BCUT2D eigenvalue weighted by molar-refractivity contribution is 5.88. The summed E-state index contributed by atoms with van der Waals surface area (Å²) in [5.41, 5.74) is 2.51. The number of nitrogens with one attached hydrogen (secondary N) is 1. The third-order valence-corrected chi connectivity index (χ3v) is 4.69. The molecule has 1 aliphatic rings. The third kappa shape index (κ3) is 3.15. The van der Waals surface area contributed by atoms with Crippen molar-refractivity contribution in [2.24, 2.45) is 0 Å². The highest BCUT2D eigenvalue weighted by atomic mass is 19.1. The summed E-state index contributed by atoms with van der Waals surface area (Å²) < 4.78 is 19.7. The number of carbonyl (C=O) groups excluding carboxylic acids is 1. The second-order valence-electron chi connectivity index (χ2n) is 6.26. The topological polar surface area (TPSA) is 45.3 Å². The molecule has 1 aromatic heterocycles. The van der Waals surface area contributed by atoms with Crippen LogP contribution in [0.4, 0.5) is 4.39 Å². The second kappa shape index (κ2) is 6.69. The lowest BCUT2D eigenvalue weighted by Gasteiger charge is -2.33. The molecule has 1 unspecified atom stereocenters. The third-order valence-electron chi connectivity index (χ3n) is 4.69. The first kappa shape index (κ1) is 15.8. The Morgan fingerprint density at radius 1 is 1.20 bits per heavy atom. The first-order valence-corrected chi connectivity index (χ1v) is 8.41. The largest absolute Gasteiger partial charge is 0.370 e. The number of halogens is 1. The summed E-state index contributed by atoms with van der Waals surface area (Å²) in [6.07, 6.45) is 1.80. The van der Waals surface area contributed by atoms with Gasteiger partial charge in [-0.05, 0) is 17.7 Å². The summed E-state index contributed by atoms with van der Waals surface area (Å²) >= 11 is 0. The number of carbonyl (C=O) groups is 1. The Morgan fingerprint density at radius 3 is 2.88 bits per heavy atom. The van der Waals surface area contributed by atoms with E-state index in [4.69, 9.17) is 4.74 Å². The van der Waals surface area contributed by atoms with Crippen LogP contribution in [-0.2, 0) is 16.0 Å². The number of hydrogen-bond acceptors (Lipinski definition) is 2. The van der Waals surface area contributed by atoms with Gasteiger partial charge in [0.25, 0.3) is 0 Å². The van der Waals surface area contributed by atoms with E-state index in [9.17, 15) is 9.18 Å². The summed E-state index contributed by atoms with van der Waals surface area (Å²) in [6.45, 7) is 1.33. The van der Waals surface area contributed by atoms with Crippen LogP contribution in [0, 0.1) is 5.82 Å². The summed E-state index contributed by atoms with van der Waals surface area (Å²) in [7, 11) is 0. The Kier molecular flexibility index (Phi) is 4.24. The molecule has 1 fully saturated rings. The Morgan fingerprint density at radius 2 is 2.00 bits per heavy atom. The Balaban J connectivity index is 1.49. The summed E-state index contributed by atoms with van der Waals surface area (Å²) in [4.78, 5) is 17.7. The van der Waals surface area contributed by atoms with Crippen molar-refractivity contribution < 1.29 is 13.9 Å². The van der Waals surface area contributed by atoms with E-state index in [2.05, 4.69) is 4.98 Å². The van der Waals surface area contributed by atoms with E-state index >= 15 is 0 Å². The molecule has 1 amide bonds. The zero-order valence-electron chi connectivity index (χ0n) is 13.7. The van der Waals surface area contributed by atoms with Crippen LogP contribution < -0.4 is 0 Å². The maximum absolute atomic E-state index is 14.0. The molecular formula is C20H19FN2O2. The van der Waals surface area contributed by atoms with Gasteiger partial charge >= 0.3 is 0 Å². The number of rotatable bonds is 3. The van der Waals surface area contributed by atoms with Crippen molar-refractivity contribution in [3.05, 3.63) is 71.7 Å². The number of aromatic nitrogens is 1. The summed E-state index contributed by atoms with van der Waals surface area (Å²) in [5, 5.41) is 1.06. The molecule has 2 aromatic carbocycles. The minimum Gasteiger partial charge on any atom is -0.370 e. The van der Waals surface area contributed by atoms with Crippen molar-refractivity contribution in [2.75, 3.05) is 19.7 Å². The molecule has 0 spiro atoms. The fourth-order valence-corrected chi connectivity index (χ4v) is 3.35. The van der Waals surface area contributed by atoms with Crippen LogP contribution in [0.5, 0.6) is 0 Å². The van der Waals surface area contributed by atoms with Crippen molar-refractivity contribution >= 4 is 16.8 Å². The molecule has 1 aliphatic heterocycles. The van der Waals surface area contributed by atoms with Crippen molar-refractivity contribution in [1.29, 1.82) is 0 Å². The van der Waals surface area contributed by atoms with E-state index in [1.54, 1.807) is 23.1 Å². The molecule has 4 nitrogen and oxygen atoms in total. The number of amides is 1. The normalized spacial score (nSPS) is 17.8. The molecule has 5 heteroatoms. The van der Waals surface area contributed by atoms with Gasteiger partial charge in [0.2, 0.25) is 5.91 Å². The van der Waals surface area contributed by atoms with Crippen molar-refractivity contribution in [3.63, 3.8) is 0 Å². The zero-order valence-corrected chi connectivity index (χ0v) is 13.7. The van der Waals surface area contributed by atoms with Gasteiger partial charge in [0, 0.05) is 29.2 Å². The van der Waals surface area contributed by atoms with Gasteiger partial charge in [0.1, 0.15) is 11.9 Å². The number of aromatic amines is 1. The van der Waals surface area contributed by atoms with Crippen LogP contribution in [-0.4, -0.2) is 35.5 Å².